The average Bonchev–Trinajstić information content (AvgIpc) is 3.15. The van der Waals surface area contributed by atoms with Gasteiger partial charge in [0, 0.05) is 24.7 Å². The Morgan fingerprint density at radius 3 is 2.72 bits per heavy atom. The van der Waals surface area contributed by atoms with E-state index in [0.717, 1.165) is 8.04 Å². The van der Waals surface area contributed by atoms with Crippen LogP contribution in [-0.2, 0) is 16.1 Å². The third-order valence-electron chi connectivity index (χ3n) is 4.64. The molecule has 0 saturated heterocycles. The Hall–Kier alpha value is -2.72. The Morgan fingerprint density at radius 2 is 1.97 bits per heavy atom. The number of hydrogen-bond acceptors (Lipinski definition) is 5. The second-order valence-corrected chi connectivity index (χ2v) is 8.74. The van der Waals surface area contributed by atoms with Gasteiger partial charge in [0.05, 0.1) is 7.11 Å². The van der Waals surface area contributed by atoms with Crippen LogP contribution < -0.4 is 9.47 Å². The lowest BCUT2D eigenvalue weighted by atomic mass is 10.1. The Kier molecular flexibility index (Phi) is 6.90. The number of aliphatic imine (C=N–C) groups is 1. The number of esters is 1. The molecule has 4 rings (SSSR count). The number of para-hydroxylation sites is 1. The highest BCUT2D eigenvalue weighted by Gasteiger charge is 2.25. The van der Waals surface area contributed by atoms with Crippen LogP contribution in [0.15, 0.2) is 75.8 Å². The molecule has 8 heteroatoms. The predicted molar refractivity (Wildman–Crippen MR) is 131 cm³/mol. The molecule has 1 heterocycles. The van der Waals surface area contributed by atoms with E-state index in [4.69, 9.17) is 14.2 Å². The fourth-order valence-electron chi connectivity index (χ4n) is 3.04. The molecule has 0 radical (unpaired) electrons. The van der Waals surface area contributed by atoms with Crippen molar-refractivity contribution in [2.45, 2.75) is 6.61 Å². The quantitative estimate of drug-likeness (QED) is 0.192. The van der Waals surface area contributed by atoms with Gasteiger partial charge in [0.25, 0.3) is 0 Å². The van der Waals surface area contributed by atoms with Crippen LogP contribution in [0.1, 0.15) is 16.7 Å². The number of cyclic esters (lactones) is 1. The third kappa shape index (κ3) is 4.86. The maximum atomic E-state index is 14.0. The van der Waals surface area contributed by atoms with E-state index < -0.39 is 5.97 Å². The highest BCUT2D eigenvalue weighted by atomic mass is 127. The van der Waals surface area contributed by atoms with E-state index in [-0.39, 0.29) is 24.0 Å². The minimum Gasteiger partial charge on any atom is -0.493 e. The van der Waals surface area contributed by atoms with E-state index in [1.54, 1.807) is 42.5 Å². The molecule has 3 aromatic carbocycles. The molecule has 162 valence electrons. The number of nitrogens with zero attached hydrogens (tertiary/aromatic N) is 1. The fraction of sp³-hybridized carbons (Fsp3) is 0.0833. The molecule has 3 aromatic rings. The van der Waals surface area contributed by atoms with Gasteiger partial charge >= 0.3 is 5.97 Å². The smallest absolute Gasteiger partial charge is 0.363 e. The summed E-state index contributed by atoms with van der Waals surface area (Å²) >= 11 is 5.67. The number of halogens is 3. The van der Waals surface area contributed by atoms with Crippen LogP contribution >= 0.6 is 38.5 Å². The molecular formula is C24H16BrFINO4. The fourth-order valence-corrected chi connectivity index (χ4v) is 3.75. The largest absolute Gasteiger partial charge is 0.493 e. The Bertz CT molecular complexity index is 1260. The summed E-state index contributed by atoms with van der Waals surface area (Å²) in [5, 5.41) is 0. The van der Waals surface area contributed by atoms with Gasteiger partial charge in [0.1, 0.15) is 12.4 Å². The Morgan fingerprint density at radius 1 is 1.16 bits per heavy atom. The standard InChI is InChI=1S/C24H16BrFINO4/c1-30-21-8-4-6-14(22(21)31-13-16-5-2-3-7-18(16)26)12-20-24(29)32-23(28-20)15-9-10-19(27)17(25)11-15/h2-12H,13H2,1H3/b20-12-. The van der Waals surface area contributed by atoms with Gasteiger partial charge in [-0.05, 0) is 74.9 Å². The van der Waals surface area contributed by atoms with E-state index in [9.17, 15) is 9.18 Å². The van der Waals surface area contributed by atoms with E-state index >= 15 is 0 Å². The molecule has 5 nitrogen and oxygen atoms in total. The molecule has 1 aliphatic heterocycles. The second-order valence-electron chi connectivity index (χ2n) is 6.72. The maximum absolute atomic E-state index is 14.0. The highest BCUT2D eigenvalue weighted by molar-refractivity contribution is 14.1. The summed E-state index contributed by atoms with van der Waals surface area (Å²) in [5.41, 5.74) is 1.76. The molecule has 1 aliphatic rings. The number of ether oxygens (including phenoxy) is 3. The van der Waals surface area contributed by atoms with E-state index in [1.165, 1.54) is 13.2 Å². The van der Waals surface area contributed by atoms with Gasteiger partial charge in [-0.2, -0.15) is 0 Å². The van der Waals surface area contributed by atoms with Crippen LogP contribution in [0.5, 0.6) is 11.5 Å². The molecule has 32 heavy (non-hydrogen) atoms. The number of methoxy groups -OCH3 is 1. The van der Waals surface area contributed by atoms with Crippen LogP contribution in [0.3, 0.4) is 0 Å². The van der Waals surface area contributed by atoms with Crippen LogP contribution in [-0.4, -0.2) is 19.0 Å². The first-order valence-electron chi connectivity index (χ1n) is 9.47. The predicted octanol–water partition coefficient (Wildman–Crippen LogP) is 6.12. The van der Waals surface area contributed by atoms with Gasteiger partial charge < -0.3 is 14.2 Å². The van der Waals surface area contributed by atoms with Crippen molar-refractivity contribution in [3.8, 4) is 11.5 Å². The van der Waals surface area contributed by atoms with Crippen molar-refractivity contribution in [2.75, 3.05) is 7.11 Å². The van der Waals surface area contributed by atoms with Crippen molar-refractivity contribution < 1.29 is 23.4 Å². The van der Waals surface area contributed by atoms with Gasteiger partial charge in [-0.3, -0.25) is 0 Å². The lowest BCUT2D eigenvalue weighted by Crippen LogP contribution is -2.05. The van der Waals surface area contributed by atoms with Gasteiger partial charge in [-0.25, -0.2) is 14.2 Å². The first-order valence-corrected chi connectivity index (χ1v) is 11.3. The van der Waals surface area contributed by atoms with Gasteiger partial charge in [0.15, 0.2) is 17.2 Å². The molecule has 0 saturated carbocycles. The normalized spacial score (nSPS) is 14.3. The summed E-state index contributed by atoms with van der Waals surface area (Å²) in [4.78, 5) is 16.8. The summed E-state index contributed by atoms with van der Waals surface area (Å²) in [7, 11) is 1.51. The monoisotopic (exact) mass is 607 g/mol. The number of carbonyl (C=O) groups is 1. The summed E-state index contributed by atoms with van der Waals surface area (Å²) in [6.45, 7) is -0.00113. The van der Waals surface area contributed by atoms with Crippen molar-refractivity contribution in [3.05, 3.63) is 96.9 Å². The van der Waals surface area contributed by atoms with Crippen molar-refractivity contribution >= 4 is 56.5 Å². The van der Waals surface area contributed by atoms with E-state index in [0.29, 0.717) is 28.2 Å². The molecular weight excluding hydrogens is 592 g/mol. The lowest BCUT2D eigenvalue weighted by Gasteiger charge is -2.14. The summed E-state index contributed by atoms with van der Waals surface area (Å²) in [6, 6.07) is 17.2. The molecule has 0 aliphatic carbocycles. The maximum Gasteiger partial charge on any atom is 0.363 e. The average molecular weight is 608 g/mol. The van der Waals surface area contributed by atoms with Gasteiger partial charge in [-0.1, -0.05) is 30.3 Å². The van der Waals surface area contributed by atoms with Crippen molar-refractivity contribution in [1.82, 2.24) is 0 Å². The number of rotatable bonds is 6. The topological polar surface area (TPSA) is 57.1 Å². The SMILES string of the molecule is COc1cccc(/C=C2\N=C(c3ccc(I)c(Br)c3)OC2=O)c1OCc1ccccc1F. The zero-order chi connectivity index (χ0) is 22.7. The first-order chi connectivity index (χ1) is 15.5. The summed E-state index contributed by atoms with van der Waals surface area (Å²) in [5.74, 6) is 0.110. The molecule has 0 bridgehead atoms. The number of carbonyl (C=O) groups excluding carboxylic acids is 1. The van der Waals surface area contributed by atoms with Crippen LogP contribution in [0.4, 0.5) is 4.39 Å². The zero-order valence-corrected chi connectivity index (χ0v) is 20.5. The molecule has 0 atom stereocenters. The summed E-state index contributed by atoms with van der Waals surface area (Å²) < 4.78 is 32.6. The van der Waals surface area contributed by atoms with E-state index in [2.05, 4.69) is 43.5 Å². The molecule has 0 N–H and O–H groups in total. The Labute approximate surface area is 206 Å². The minimum absolute atomic E-state index is 0.00113. The van der Waals surface area contributed by atoms with Gasteiger partial charge in [0.2, 0.25) is 5.90 Å². The second kappa shape index (κ2) is 9.83. The molecule has 0 spiro atoms. The molecule has 0 fully saturated rings. The minimum atomic E-state index is -0.572. The zero-order valence-electron chi connectivity index (χ0n) is 16.8. The third-order valence-corrected chi connectivity index (χ3v) is 6.98. The summed E-state index contributed by atoms with van der Waals surface area (Å²) in [6.07, 6.45) is 1.57. The number of hydrogen-bond donors (Lipinski definition) is 0. The van der Waals surface area contributed by atoms with E-state index in [1.807, 2.05) is 18.2 Å². The van der Waals surface area contributed by atoms with Crippen molar-refractivity contribution in [2.24, 2.45) is 4.99 Å². The van der Waals surface area contributed by atoms with Crippen molar-refractivity contribution in [3.63, 3.8) is 0 Å². The Balaban J connectivity index is 1.67. The van der Waals surface area contributed by atoms with Crippen LogP contribution in [0.25, 0.3) is 6.08 Å². The number of benzene rings is 3. The molecule has 0 unspecified atom stereocenters. The van der Waals surface area contributed by atoms with Gasteiger partial charge in [-0.15, -0.1) is 0 Å². The van der Waals surface area contributed by atoms with Crippen LogP contribution in [0, 0.1) is 9.39 Å². The lowest BCUT2D eigenvalue weighted by molar-refractivity contribution is -0.129. The highest BCUT2D eigenvalue weighted by Crippen LogP contribution is 2.34. The molecule has 0 amide bonds. The molecule has 0 aromatic heterocycles. The van der Waals surface area contributed by atoms with Crippen LogP contribution in [0.2, 0.25) is 0 Å². The first kappa shape index (κ1) is 22.5. The van der Waals surface area contributed by atoms with Crippen molar-refractivity contribution in [1.29, 1.82) is 0 Å².